The lowest BCUT2D eigenvalue weighted by Crippen LogP contribution is -2.15. The third kappa shape index (κ3) is 2.13. The van der Waals surface area contributed by atoms with E-state index in [9.17, 15) is 0 Å². The van der Waals surface area contributed by atoms with Gasteiger partial charge in [0.25, 0.3) is 0 Å². The zero-order valence-corrected chi connectivity index (χ0v) is 10.3. The average molecular weight is 248 g/mol. The van der Waals surface area contributed by atoms with Crippen LogP contribution in [0.3, 0.4) is 0 Å². The summed E-state index contributed by atoms with van der Waals surface area (Å²) in [4.78, 5) is 1.60. The molecule has 0 unspecified atom stereocenters. The summed E-state index contributed by atoms with van der Waals surface area (Å²) in [7, 11) is 0. The summed E-state index contributed by atoms with van der Waals surface area (Å²) < 4.78 is 0. The highest BCUT2D eigenvalue weighted by Crippen LogP contribution is 2.24. The quantitative estimate of drug-likeness (QED) is 0.698. The van der Waals surface area contributed by atoms with E-state index >= 15 is 0 Å². The van der Waals surface area contributed by atoms with Crippen LogP contribution in [-0.2, 0) is 0 Å². The van der Waals surface area contributed by atoms with Gasteiger partial charge in [0.15, 0.2) is 0 Å². The Kier molecular flexibility index (Phi) is 3.03. The van der Waals surface area contributed by atoms with E-state index in [1.165, 1.54) is 0 Å². The van der Waals surface area contributed by atoms with Gasteiger partial charge in [0.05, 0.1) is 0 Å². The Morgan fingerprint density at radius 3 is 1.50 bits per heavy atom. The molecule has 2 aliphatic carbocycles. The highest BCUT2D eigenvalue weighted by Gasteiger charge is 2.13. The van der Waals surface area contributed by atoms with Crippen molar-refractivity contribution >= 4 is 34.2 Å². The van der Waals surface area contributed by atoms with Gasteiger partial charge in [0, 0.05) is 34.0 Å². The Hall–Kier alpha value is -1.26. The second-order valence-electron chi connectivity index (χ2n) is 3.77. The highest BCUT2D eigenvalue weighted by molar-refractivity contribution is 7.81. The van der Waals surface area contributed by atoms with Gasteiger partial charge in [-0.15, -0.1) is 0 Å². The largest absolute Gasteiger partial charge is 0.398 e. The molecule has 0 heterocycles. The van der Waals surface area contributed by atoms with Gasteiger partial charge in [0.2, 0.25) is 0 Å². The van der Waals surface area contributed by atoms with Crippen molar-refractivity contribution in [3.8, 4) is 0 Å². The number of nitrogens with two attached hydrogens (primary N) is 2. The van der Waals surface area contributed by atoms with Crippen LogP contribution in [0.15, 0.2) is 46.8 Å². The Morgan fingerprint density at radius 1 is 0.812 bits per heavy atom. The zero-order valence-electron chi connectivity index (χ0n) is 8.69. The van der Waals surface area contributed by atoms with Crippen molar-refractivity contribution in [2.45, 2.75) is 12.8 Å². The molecule has 0 bridgehead atoms. The maximum Gasteiger partial charge on any atom is 0.0465 e. The third-order valence-electron chi connectivity index (χ3n) is 2.61. The predicted molar refractivity (Wildman–Crippen MR) is 75.1 cm³/mol. The maximum atomic E-state index is 5.81. The van der Waals surface area contributed by atoms with Gasteiger partial charge >= 0.3 is 0 Å². The number of rotatable bonds is 1. The molecule has 0 fully saturated rings. The number of hydrogen-bond acceptors (Lipinski definition) is 4. The molecule has 2 aliphatic rings. The Morgan fingerprint density at radius 2 is 1.19 bits per heavy atom. The average Bonchev–Trinajstić information content (AvgIpc) is 2.26. The molecule has 0 saturated heterocycles. The van der Waals surface area contributed by atoms with Crippen LogP contribution < -0.4 is 11.5 Å². The van der Waals surface area contributed by atoms with Gasteiger partial charge in [-0.05, 0) is 23.3 Å². The van der Waals surface area contributed by atoms with Gasteiger partial charge in [-0.1, -0.05) is 36.6 Å². The molecule has 16 heavy (non-hydrogen) atoms. The summed E-state index contributed by atoms with van der Waals surface area (Å²) in [5.74, 6) is 0. The van der Waals surface area contributed by atoms with Crippen LogP contribution >= 0.6 is 24.4 Å². The minimum Gasteiger partial charge on any atom is -0.398 e. The van der Waals surface area contributed by atoms with E-state index < -0.39 is 0 Å². The molecular formula is C12H12N2S2. The van der Waals surface area contributed by atoms with Crippen LogP contribution in [0.1, 0.15) is 12.8 Å². The van der Waals surface area contributed by atoms with Gasteiger partial charge in [-0.2, -0.15) is 0 Å². The molecule has 2 nitrogen and oxygen atoms in total. The molecule has 0 atom stereocenters. The minimum absolute atomic E-state index is 0.675. The van der Waals surface area contributed by atoms with E-state index in [0.717, 1.165) is 33.7 Å². The van der Waals surface area contributed by atoms with Crippen molar-refractivity contribution in [3.63, 3.8) is 0 Å². The molecule has 0 spiro atoms. The van der Waals surface area contributed by atoms with Gasteiger partial charge in [-0.25, -0.2) is 0 Å². The summed E-state index contributed by atoms with van der Waals surface area (Å²) >= 11 is 10.2. The topological polar surface area (TPSA) is 52.0 Å². The molecule has 0 aromatic carbocycles. The van der Waals surface area contributed by atoms with Crippen LogP contribution in [0.2, 0.25) is 0 Å². The first-order valence-corrected chi connectivity index (χ1v) is 5.81. The standard InChI is InChI=1S/C12H12N2S2/c13-9-5-7(1-3-11(9)15)8-2-4-12(16)10(14)6-8/h1-2,5-6H,3-4,13-14H2. The predicted octanol–water partition coefficient (Wildman–Crippen LogP) is 2.07. The van der Waals surface area contributed by atoms with Crippen LogP contribution in [0, 0.1) is 0 Å². The fraction of sp³-hybridized carbons (Fsp3) is 0.167. The number of hydrogen-bond donors (Lipinski definition) is 2. The van der Waals surface area contributed by atoms with E-state index in [0.29, 0.717) is 11.4 Å². The molecule has 0 aliphatic heterocycles. The summed E-state index contributed by atoms with van der Waals surface area (Å²) in [6, 6.07) is 0. The van der Waals surface area contributed by atoms with E-state index in [1.54, 1.807) is 0 Å². The van der Waals surface area contributed by atoms with Crippen LogP contribution in [0.5, 0.6) is 0 Å². The molecule has 82 valence electrons. The molecule has 0 aromatic heterocycles. The molecule has 0 amide bonds. The lowest BCUT2D eigenvalue weighted by Gasteiger charge is -2.16. The fourth-order valence-electron chi connectivity index (χ4n) is 1.66. The van der Waals surface area contributed by atoms with Gasteiger partial charge < -0.3 is 11.5 Å². The van der Waals surface area contributed by atoms with Gasteiger partial charge in [-0.3, -0.25) is 0 Å². The number of allylic oxidation sites excluding steroid dienone is 8. The van der Waals surface area contributed by atoms with E-state index in [2.05, 4.69) is 12.2 Å². The van der Waals surface area contributed by atoms with Crippen molar-refractivity contribution in [1.82, 2.24) is 0 Å². The lowest BCUT2D eigenvalue weighted by atomic mass is 9.93. The normalized spacial score (nSPS) is 21.0. The van der Waals surface area contributed by atoms with Crippen molar-refractivity contribution in [2.24, 2.45) is 11.5 Å². The summed E-state index contributed by atoms with van der Waals surface area (Å²) in [6.45, 7) is 0. The van der Waals surface area contributed by atoms with Crippen LogP contribution in [0.4, 0.5) is 0 Å². The Labute approximate surface area is 105 Å². The second kappa shape index (κ2) is 4.31. The SMILES string of the molecule is NC1=CC(C2=CCC(=S)C(N)=C2)=CCC1=S. The second-order valence-corrected chi connectivity index (χ2v) is 4.76. The first kappa shape index (κ1) is 11.2. The fourth-order valence-corrected chi connectivity index (χ4v) is 1.94. The number of thiocarbonyl (C=S) groups is 2. The molecule has 4 N–H and O–H groups in total. The molecular weight excluding hydrogens is 236 g/mol. The minimum atomic E-state index is 0.675. The molecule has 2 rings (SSSR count). The monoisotopic (exact) mass is 248 g/mol. The third-order valence-corrected chi connectivity index (χ3v) is 3.42. The first-order chi connectivity index (χ1) is 7.58. The molecule has 4 heteroatoms. The van der Waals surface area contributed by atoms with Crippen LogP contribution in [0.25, 0.3) is 0 Å². The molecule has 0 saturated carbocycles. The van der Waals surface area contributed by atoms with E-state index in [-0.39, 0.29) is 0 Å². The smallest absolute Gasteiger partial charge is 0.0465 e. The lowest BCUT2D eigenvalue weighted by molar-refractivity contribution is 1.27. The summed E-state index contributed by atoms with van der Waals surface area (Å²) in [6.07, 6.45) is 9.39. The first-order valence-electron chi connectivity index (χ1n) is 4.99. The van der Waals surface area contributed by atoms with Crippen molar-refractivity contribution in [3.05, 3.63) is 46.8 Å². The molecule has 0 radical (unpaired) electrons. The zero-order chi connectivity index (χ0) is 11.7. The summed E-state index contributed by atoms with van der Waals surface area (Å²) in [5.41, 5.74) is 15.1. The van der Waals surface area contributed by atoms with E-state index in [1.807, 2.05) is 12.2 Å². The van der Waals surface area contributed by atoms with Gasteiger partial charge in [0.1, 0.15) is 0 Å². The molecule has 0 aromatic rings. The van der Waals surface area contributed by atoms with Crippen molar-refractivity contribution < 1.29 is 0 Å². The van der Waals surface area contributed by atoms with Crippen molar-refractivity contribution in [2.75, 3.05) is 0 Å². The summed E-state index contributed by atoms with van der Waals surface area (Å²) in [5, 5.41) is 0. The maximum absolute atomic E-state index is 5.81. The van der Waals surface area contributed by atoms with E-state index in [4.69, 9.17) is 35.9 Å². The highest BCUT2D eigenvalue weighted by atomic mass is 32.1. The Balaban J connectivity index is 2.29. The van der Waals surface area contributed by atoms with Crippen molar-refractivity contribution in [1.29, 1.82) is 0 Å². The van der Waals surface area contributed by atoms with Crippen LogP contribution in [-0.4, -0.2) is 9.73 Å². The Bertz CT molecular complexity index is 447.